The third-order valence-corrected chi connectivity index (χ3v) is 4.79. The second-order valence-corrected chi connectivity index (χ2v) is 5.85. The van der Waals surface area contributed by atoms with Crippen LogP contribution in [0.2, 0.25) is 0 Å². The zero-order valence-corrected chi connectivity index (χ0v) is 10.7. The van der Waals surface area contributed by atoms with Crippen molar-refractivity contribution in [2.75, 3.05) is 0 Å². The highest BCUT2D eigenvalue weighted by Crippen LogP contribution is 2.61. The SMILES string of the molecule is CCCc1ccc(C(N)C2C3CCCC32)cc1. The van der Waals surface area contributed by atoms with Crippen molar-refractivity contribution < 1.29 is 0 Å². The summed E-state index contributed by atoms with van der Waals surface area (Å²) in [5.74, 6) is 2.71. The molecule has 0 amide bonds. The average Bonchev–Trinajstić information content (AvgIpc) is 2.83. The predicted octanol–water partition coefficient (Wildman–Crippen LogP) is 3.69. The van der Waals surface area contributed by atoms with Gasteiger partial charge in [-0.15, -0.1) is 0 Å². The summed E-state index contributed by atoms with van der Waals surface area (Å²) in [4.78, 5) is 0. The molecule has 3 atom stereocenters. The number of nitrogens with two attached hydrogens (primary N) is 1. The number of hydrogen-bond donors (Lipinski definition) is 1. The Morgan fingerprint density at radius 2 is 1.82 bits per heavy atom. The van der Waals surface area contributed by atoms with Gasteiger partial charge in [0, 0.05) is 6.04 Å². The zero-order valence-electron chi connectivity index (χ0n) is 10.7. The smallest absolute Gasteiger partial charge is 0.0329 e. The fourth-order valence-electron chi connectivity index (χ4n) is 3.83. The van der Waals surface area contributed by atoms with Crippen LogP contribution in [0.3, 0.4) is 0 Å². The van der Waals surface area contributed by atoms with Crippen molar-refractivity contribution in [2.45, 2.75) is 45.1 Å². The largest absolute Gasteiger partial charge is 0.324 e. The fraction of sp³-hybridized carbons (Fsp3) is 0.625. The van der Waals surface area contributed by atoms with E-state index >= 15 is 0 Å². The topological polar surface area (TPSA) is 26.0 Å². The first-order valence-electron chi connectivity index (χ1n) is 7.15. The number of aryl methyl sites for hydroxylation is 1. The van der Waals surface area contributed by atoms with E-state index < -0.39 is 0 Å². The summed E-state index contributed by atoms with van der Waals surface area (Å²) in [6.07, 6.45) is 6.70. The molecule has 0 aliphatic heterocycles. The Labute approximate surface area is 104 Å². The Bertz CT molecular complexity index is 371. The summed E-state index contributed by atoms with van der Waals surface area (Å²) in [6, 6.07) is 9.32. The molecule has 1 heteroatoms. The van der Waals surface area contributed by atoms with Gasteiger partial charge >= 0.3 is 0 Å². The molecule has 2 aliphatic carbocycles. The number of fused-ring (bicyclic) bond motifs is 1. The lowest BCUT2D eigenvalue weighted by atomic mass is 9.96. The van der Waals surface area contributed by atoms with Gasteiger partial charge in [-0.3, -0.25) is 0 Å². The van der Waals surface area contributed by atoms with Crippen LogP contribution < -0.4 is 5.73 Å². The van der Waals surface area contributed by atoms with Crippen LogP contribution in [0.4, 0.5) is 0 Å². The fourth-order valence-corrected chi connectivity index (χ4v) is 3.83. The molecule has 3 unspecified atom stereocenters. The highest BCUT2D eigenvalue weighted by atomic mass is 14.7. The summed E-state index contributed by atoms with van der Waals surface area (Å²) in [5, 5.41) is 0. The first-order chi connectivity index (χ1) is 8.31. The van der Waals surface area contributed by atoms with Crippen LogP contribution in [0.25, 0.3) is 0 Å². The van der Waals surface area contributed by atoms with Crippen molar-refractivity contribution >= 4 is 0 Å². The van der Waals surface area contributed by atoms with E-state index in [-0.39, 0.29) is 0 Å². The van der Waals surface area contributed by atoms with Gasteiger partial charge in [0.1, 0.15) is 0 Å². The summed E-state index contributed by atoms with van der Waals surface area (Å²) in [5.41, 5.74) is 9.21. The summed E-state index contributed by atoms with van der Waals surface area (Å²) in [7, 11) is 0. The second-order valence-electron chi connectivity index (χ2n) is 5.85. The molecule has 1 nitrogen and oxygen atoms in total. The third-order valence-electron chi connectivity index (χ3n) is 4.79. The Hall–Kier alpha value is -0.820. The molecule has 1 aromatic rings. The summed E-state index contributed by atoms with van der Waals surface area (Å²) < 4.78 is 0. The van der Waals surface area contributed by atoms with E-state index in [4.69, 9.17) is 5.73 Å². The molecule has 3 rings (SSSR count). The molecule has 2 N–H and O–H groups in total. The lowest BCUT2D eigenvalue weighted by Gasteiger charge is -2.14. The number of hydrogen-bond acceptors (Lipinski definition) is 1. The quantitative estimate of drug-likeness (QED) is 0.837. The van der Waals surface area contributed by atoms with Gasteiger partial charge in [-0.2, -0.15) is 0 Å². The molecule has 1 aromatic carbocycles. The highest BCUT2D eigenvalue weighted by molar-refractivity contribution is 5.27. The highest BCUT2D eigenvalue weighted by Gasteiger charge is 2.55. The standard InChI is InChI=1S/C16H23N/c1-2-4-11-7-9-12(10-8-11)16(17)15-13-5-3-6-14(13)15/h7-10,13-16H,2-6,17H2,1H3. The van der Waals surface area contributed by atoms with E-state index in [1.54, 1.807) is 0 Å². The molecule has 2 saturated carbocycles. The van der Waals surface area contributed by atoms with Gasteiger partial charge in [0.2, 0.25) is 0 Å². The number of benzene rings is 1. The van der Waals surface area contributed by atoms with Crippen molar-refractivity contribution in [3.05, 3.63) is 35.4 Å². The van der Waals surface area contributed by atoms with Crippen molar-refractivity contribution in [1.29, 1.82) is 0 Å². The molecule has 0 radical (unpaired) electrons. The predicted molar refractivity (Wildman–Crippen MR) is 71.7 cm³/mol. The van der Waals surface area contributed by atoms with Crippen LogP contribution in [-0.2, 0) is 6.42 Å². The molecular formula is C16H23N. The van der Waals surface area contributed by atoms with E-state index in [1.807, 2.05) is 0 Å². The van der Waals surface area contributed by atoms with Crippen molar-refractivity contribution in [3.63, 3.8) is 0 Å². The van der Waals surface area contributed by atoms with Crippen molar-refractivity contribution in [1.82, 2.24) is 0 Å². The maximum atomic E-state index is 6.41. The molecule has 0 heterocycles. The summed E-state index contributed by atoms with van der Waals surface area (Å²) >= 11 is 0. The molecule has 2 fully saturated rings. The Balaban J connectivity index is 1.67. The average molecular weight is 229 g/mol. The van der Waals surface area contributed by atoms with Crippen LogP contribution in [0.1, 0.15) is 49.8 Å². The molecular weight excluding hydrogens is 206 g/mol. The Morgan fingerprint density at radius 1 is 1.18 bits per heavy atom. The normalized spacial score (nSPS) is 32.2. The van der Waals surface area contributed by atoms with Crippen LogP contribution in [0, 0.1) is 17.8 Å². The Kier molecular flexibility index (Phi) is 2.96. The van der Waals surface area contributed by atoms with E-state index in [1.165, 1.54) is 43.2 Å². The maximum Gasteiger partial charge on any atom is 0.0329 e. The Morgan fingerprint density at radius 3 is 2.41 bits per heavy atom. The van der Waals surface area contributed by atoms with Gasteiger partial charge in [-0.25, -0.2) is 0 Å². The van der Waals surface area contributed by atoms with Crippen LogP contribution in [-0.4, -0.2) is 0 Å². The van der Waals surface area contributed by atoms with E-state index in [0.29, 0.717) is 6.04 Å². The van der Waals surface area contributed by atoms with Crippen LogP contribution >= 0.6 is 0 Å². The van der Waals surface area contributed by atoms with Gasteiger partial charge in [0.15, 0.2) is 0 Å². The molecule has 92 valence electrons. The molecule has 0 bridgehead atoms. The van der Waals surface area contributed by atoms with Gasteiger partial charge in [0.25, 0.3) is 0 Å². The van der Waals surface area contributed by atoms with Gasteiger partial charge in [-0.1, -0.05) is 44.0 Å². The minimum absolute atomic E-state index is 0.293. The van der Waals surface area contributed by atoms with E-state index in [9.17, 15) is 0 Å². The molecule has 0 aromatic heterocycles. The lowest BCUT2D eigenvalue weighted by molar-refractivity contribution is 0.502. The summed E-state index contributed by atoms with van der Waals surface area (Å²) in [6.45, 7) is 2.23. The van der Waals surface area contributed by atoms with E-state index in [2.05, 4.69) is 31.2 Å². The maximum absolute atomic E-state index is 6.41. The molecule has 0 spiro atoms. The first kappa shape index (κ1) is 11.3. The van der Waals surface area contributed by atoms with Crippen molar-refractivity contribution in [2.24, 2.45) is 23.5 Å². The molecule has 17 heavy (non-hydrogen) atoms. The van der Waals surface area contributed by atoms with Gasteiger partial charge < -0.3 is 5.73 Å². The minimum Gasteiger partial charge on any atom is -0.324 e. The molecule has 2 aliphatic rings. The second kappa shape index (κ2) is 4.45. The number of rotatable bonds is 4. The zero-order chi connectivity index (χ0) is 11.8. The minimum atomic E-state index is 0.293. The first-order valence-corrected chi connectivity index (χ1v) is 7.15. The van der Waals surface area contributed by atoms with Crippen LogP contribution in [0.5, 0.6) is 0 Å². The van der Waals surface area contributed by atoms with Crippen molar-refractivity contribution in [3.8, 4) is 0 Å². The molecule has 0 saturated heterocycles. The van der Waals surface area contributed by atoms with E-state index in [0.717, 1.165) is 17.8 Å². The lowest BCUT2D eigenvalue weighted by Crippen LogP contribution is -2.15. The van der Waals surface area contributed by atoms with Gasteiger partial charge in [-0.05, 0) is 48.1 Å². The van der Waals surface area contributed by atoms with Gasteiger partial charge in [0.05, 0.1) is 0 Å². The monoisotopic (exact) mass is 229 g/mol. The third kappa shape index (κ3) is 2.01. The van der Waals surface area contributed by atoms with Crippen LogP contribution in [0.15, 0.2) is 24.3 Å².